The molecule has 3 rings (SSSR count). The number of aliphatic carboxylic acids is 1. The van der Waals surface area contributed by atoms with Gasteiger partial charge in [0.2, 0.25) is 0 Å². The number of carboxylic acid groups (broad SMARTS) is 1. The van der Waals surface area contributed by atoms with E-state index in [0.29, 0.717) is 18.5 Å². The molecule has 0 bridgehead atoms. The number of nitrogens with one attached hydrogen (secondary N) is 2. The van der Waals surface area contributed by atoms with Crippen molar-refractivity contribution < 1.29 is 24.2 Å². The summed E-state index contributed by atoms with van der Waals surface area (Å²) in [6, 6.07) is 12.8. The molecule has 33 heavy (non-hydrogen) atoms. The molecule has 0 saturated carbocycles. The molecule has 0 radical (unpaired) electrons. The lowest BCUT2D eigenvalue weighted by molar-refractivity contribution is -0.139. The monoisotopic (exact) mass is 467 g/mol. The number of nitriles is 1. The Morgan fingerprint density at radius 3 is 2.79 bits per heavy atom. The smallest absolute Gasteiger partial charge is 0.341 e. The van der Waals surface area contributed by atoms with Crippen LogP contribution in [0.15, 0.2) is 48.2 Å². The average molecular weight is 468 g/mol. The first kappa shape index (κ1) is 23.7. The van der Waals surface area contributed by atoms with Crippen LogP contribution in [0.4, 0.5) is 0 Å². The summed E-state index contributed by atoms with van der Waals surface area (Å²) in [6.07, 6.45) is 3.89. The average Bonchev–Trinajstić information content (AvgIpc) is 3.20. The number of carboxylic acids is 1. The molecule has 0 fully saturated rings. The summed E-state index contributed by atoms with van der Waals surface area (Å²) in [5.74, 6) is -1.37. The molecule has 1 heterocycles. The fraction of sp³-hybridized carbons (Fsp3) is 0.208. The summed E-state index contributed by atoms with van der Waals surface area (Å²) >= 11 is 6.23. The zero-order chi connectivity index (χ0) is 23.8. The van der Waals surface area contributed by atoms with E-state index in [4.69, 9.17) is 26.2 Å². The number of para-hydroxylation sites is 1. The van der Waals surface area contributed by atoms with Crippen molar-refractivity contribution in [2.45, 2.75) is 13.3 Å². The number of aromatic amines is 1. The highest BCUT2D eigenvalue weighted by Gasteiger charge is 2.15. The van der Waals surface area contributed by atoms with Gasteiger partial charge in [-0.1, -0.05) is 29.8 Å². The number of hydrogen-bond donors (Lipinski definition) is 3. The Morgan fingerprint density at radius 2 is 2.06 bits per heavy atom. The van der Waals surface area contributed by atoms with Gasteiger partial charge in [-0.2, -0.15) is 5.26 Å². The van der Waals surface area contributed by atoms with Crippen LogP contribution in [0.1, 0.15) is 18.1 Å². The van der Waals surface area contributed by atoms with Crippen LogP contribution in [0.3, 0.4) is 0 Å². The summed E-state index contributed by atoms with van der Waals surface area (Å²) in [6.45, 7) is 1.80. The lowest BCUT2D eigenvalue weighted by atomic mass is 10.1. The molecular weight excluding hydrogens is 446 g/mol. The number of hydrogen-bond acceptors (Lipinski definition) is 5. The van der Waals surface area contributed by atoms with Gasteiger partial charge >= 0.3 is 5.97 Å². The predicted molar refractivity (Wildman–Crippen MR) is 124 cm³/mol. The van der Waals surface area contributed by atoms with Crippen molar-refractivity contribution in [3.8, 4) is 17.6 Å². The van der Waals surface area contributed by atoms with E-state index in [1.54, 1.807) is 6.92 Å². The molecule has 0 aliphatic carbocycles. The molecular formula is C24H22ClN3O5. The highest BCUT2D eigenvalue weighted by molar-refractivity contribution is 6.32. The molecule has 9 heteroatoms. The predicted octanol–water partition coefficient (Wildman–Crippen LogP) is 3.95. The number of carbonyl (C=O) groups excluding carboxylic acids is 1. The fourth-order valence-corrected chi connectivity index (χ4v) is 3.54. The van der Waals surface area contributed by atoms with Crippen molar-refractivity contribution in [1.29, 1.82) is 5.26 Å². The van der Waals surface area contributed by atoms with Crippen LogP contribution in [0.5, 0.6) is 11.5 Å². The summed E-state index contributed by atoms with van der Waals surface area (Å²) in [4.78, 5) is 26.5. The molecule has 0 unspecified atom stereocenters. The number of rotatable bonds is 10. The van der Waals surface area contributed by atoms with Gasteiger partial charge in [-0.15, -0.1) is 0 Å². The molecule has 8 nitrogen and oxygen atoms in total. The third kappa shape index (κ3) is 6.05. The first-order valence-electron chi connectivity index (χ1n) is 10.2. The third-order valence-corrected chi connectivity index (χ3v) is 4.98. The summed E-state index contributed by atoms with van der Waals surface area (Å²) in [5, 5.41) is 22.3. The molecule has 0 aliphatic heterocycles. The Bertz CT molecular complexity index is 1240. The van der Waals surface area contributed by atoms with Gasteiger partial charge in [-0.05, 0) is 48.7 Å². The van der Waals surface area contributed by atoms with Crippen molar-refractivity contribution in [2.24, 2.45) is 0 Å². The quantitative estimate of drug-likeness (QED) is 0.306. The van der Waals surface area contributed by atoms with E-state index in [9.17, 15) is 14.9 Å². The Labute approximate surface area is 195 Å². The third-order valence-electron chi connectivity index (χ3n) is 4.70. The molecule has 170 valence electrons. The maximum Gasteiger partial charge on any atom is 0.341 e. The molecule has 3 aromatic rings. The number of amides is 1. The van der Waals surface area contributed by atoms with Gasteiger partial charge in [-0.3, -0.25) is 4.79 Å². The van der Waals surface area contributed by atoms with Crippen molar-refractivity contribution in [3.63, 3.8) is 0 Å². The standard InChI is InChI=1S/C24H22ClN3O5/c1-2-32-21-11-15(10-19(25)23(21)33-14-22(29)30)9-17(12-26)24(31)27-8-7-16-13-28-20-6-4-3-5-18(16)20/h3-6,9-11,13,28H,2,7-8,14H2,1H3,(H,27,31)(H,29,30)/b17-9-. The number of fused-ring (bicyclic) bond motifs is 1. The minimum atomic E-state index is -1.16. The second-order valence-corrected chi connectivity index (χ2v) is 7.39. The number of ether oxygens (including phenoxy) is 2. The molecule has 1 amide bonds. The van der Waals surface area contributed by atoms with E-state index in [-0.39, 0.29) is 28.7 Å². The highest BCUT2D eigenvalue weighted by Crippen LogP contribution is 2.37. The van der Waals surface area contributed by atoms with Crippen molar-refractivity contribution in [2.75, 3.05) is 19.8 Å². The zero-order valence-corrected chi connectivity index (χ0v) is 18.6. The van der Waals surface area contributed by atoms with Gasteiger partial charge in [-0.25, -0.2) is 4.79 Å². The largest absolute Gasteiger partial charge is 0.490 e. The Balaban J connectivity index is 1.72. The maximum absolute atomic E-state index is 12.5. The topological polar surface area (TPSA) is 124 Å². The maximum atomic E-state index is 12.5. The molecule has 2 aromatic carbocycles. The number of carbonyl (C=O) groups is 2. The summed E-state index contributed by atoms with van der Waals surface area (Å²) in [7, 11) is 0. The molecule has 3 N–H and O–H groups in total. The normalized spacial score (nSPS) is 11.1. The van der Waals surface area contributed by atoms with Crippen LogP contribution < -0.4 is 14.8 Å². The SMILES string of the molecule is CCOc1cc(/C=C(/C#N)C(=O)NCCc2c[nH]c3ccccc23)cc(Cl)c1OCC(=O)O. The van der Waals surface area contributed by atoms with Crippen molar-refractivity contribution >= 4 is 40.5 Å². The summed E-state index contributed by atoms with van der Waals surface area (Å²) < 4.78 is 10.7. The minimum absolute atomic E-state index is 0.0831. The van der Waals surface area contributed by atoms with E-state index >= 15 is 0 Å². The Kier molecular flexibility index (Phi) is 7.95. The summed E-state index contributed by atoms with van der Waals surface area (Å²) in [5.41, 5.74) is 2.42. The first-order chi connectivity index (χ1) is 15.9. The van der Waals surface area contributed by atoms with Crippen LogP contribution >= 0.6 is 11.6 Å². The van der Waals surface area contributed by atoms with Gasteiger partial charge in [0.1, 0.15) is 11.6 Å². The van der Waals surface area contributed by atoms with Crippen LogP contribution in [0.25, 0.3) is 17.0 Å². The van der Waals surface area contributed by atoms with Gasteiger partial charge in [0.05, 0.1) is 11.6 Å². The van der Waals surface area contributed by atoms with E-state index in [1.165, 1.54) is 18.2 Å². The van der Waals surface area contributed by atoms with E-state index < -0.39 is 18.5 Å². The van der Waals surface area contributed by atoms with Crippen LogP contribution in [-0.4, -0.2) is 41.7 Å². The van der Waals surface area contributed by atoms with Crippen LogP contribution in [0, 0.1) is 11.3 Å². The van der Waals surface area contributed by atoms with Crippen molar-refractivity contribution in [1.82, 2.24) is 10.3 Å². The van der Waals surface area contributed by atoms with E-state index in [2.05, 4.69) is 10.3 Å². The van der Waals surface area contributed by atoms with E-state index in [1.807, 2.05) is 36.5 Å². The van der Waals surface area contributed by atoms with Gasteiger partial charge < -0.3 is 24.9 Å². The lowest BCUT2D eigenvalue weighted by Crippen LogP contribution is -2.26. The number of H-pyrrole nitrogens is 1. The number of aromatic nitrogens is 1. The van der Waals surface area contributed by atoms with Crippen LogP contribution in [0.2, 0.25) is 5.02 Å². The molecule has 0 saturated heterocycles. The highest BCUT2D eigenvalue weighted by atomic mass is 35.5. The minimum Gasteiger partial charge on any atom is -0.490 e. The van der Waals surface area contributed by atoms with Crippen molar-refractivity contribution in [3.05, 3.63) is 64.3 Å². The molecule has 0 atom stereocenters. The lowest BCUT2D eigenvalue weighted by Gasteiger charge is -2.13. The first-order valence-corrected chi connectivity index (χ1v) is 10.6. The van der Waals surface area contributed by atoms with Crippen LogP contribution in [-0.2, 0) is 16.0 Å². The fourth-order valence-electron chi connectivity index (χ4n) is 3.27. The molecule has 0 aliphatic rings. The molecule has 1 aromatic heterocycles. The Hall–Kier alpha value is -3.96. The van der Waals surface area contributed by atoms with E-state index in [0.717, 1.165) is 16.5 Å². The second-order valence-electron chi connectivity index (χ2n) is 6.98. The Morgan fingerprint density at radius 1 is 1.27 bits per heavy atom. The van der Waals surface area contributed by atoms with Gasteiger partial charge in [0, 0.05) is 23.6 Å². The number of benzene rings is 2. The zero-order valence-electron chi connectivity index (χ0n) is 17.9. The number of nitrogens with zero attached hydrogens (tertiary/aromatic N) is 1. The molecule has 0 spiro atoms. The van der Waals surface area contributed by atoms with Gasteiger partial charge in [0.15, 0.2) is 18.1 Å². The second kappa shape index (κ2) is 11.1. The number of halogens is 1. The van der Waals surface area contributed by atoms with Gasteiger partial charge in [0.25, 0.3) is 5.91 Å².